The third kappa shape index (κ3) is 3.98. The summed E-state index contributed by atoms with van der Waals surface area (Å²) in [7, 11) is 0. The predicted octanol–water partition coefficient (Wildman–Crippen LogP) is 4.02. The maximum atomic E-state index is 12.7. The van der Waals surface area contributed by atoms with Crippen molar-refractivity contribution in [2.24, 2.45) is 5.92 Å². The molecule has 25 heavy (non-hydrogen) atoms. The van der Waals surface area contributed by atoms with E-state index in [1.807, 2.05) is 4.90 Å². The van der Waals surface area contributed by atoms with Gasteiger partial charge in [-0.3, -0.25) is 4.79 Å². The Morgan fingerprint density at radius 2 is 1.96 bits per heavy atom. The molecule has 2 heterocycles. The van der Waals surface area contributed by atoms with E-state index in [4.69, 9.17) is 0 Å². The van der Waals surface area contributed by atoms with Crippen molar-refractivity contribution in [3.8, 4) is 0 Å². The highest BCUT2D eigenvalue weighted by molar-refractivity contribution is 5.92. The number of aryl methyl sites for hydroxylation is 3. The van der Waals surface area contributed by atoms with Crippen LogP contribution in [0.15, 0.2) is 24.4 Å². The number of aromatic nitrogens is 2. The molecule has 0 aliphatic carbocycles. The average Bonchev–Trinajstić information content (AvgIpc) is 2.57. The molecule has 132 valence electrons. The number of nitrogens with one attached hydrogen (secondary N) is 1. The van der Waals surface area contributed by atoms with Gasteiger partial charge in [-0.05, 0) is 56.7 Å². The molecule has 1 aliphatic rings. The van der Waals surface area contributed by atoms with Gasteiger partial charge < -0.3 is 10.2 Å². The summed E-state index contributed by atoms with van der Waals surface area (Å²) in [6.07, 6.45) is 3.89. The highest BCUT2D eigenvalue weighted by atomic mass is 16.2. The number of amides is 1. The van der Waals surface area contributed by atoms with Crippen LogP contribution < -0.4 is 5.32 Å². The van der Waals surface area contributed by atoms with Crippen LogP contribution in [0, 0.1) is 26.7 Å². The number of carbonyl (C=O) groups excluding carboxylic acids is 1. The lowest BCUT2D eigenvalue weighted by molar-refractivity contribution is 0.0677. The van der Waals surface area contributed by atoms with Crippen molar-refractivity contribution in [3.05, 3.63) is 46.8 Å². The van der Waals surface area contributed by atoms with Gasteiger partial charge in [-0.1, -0.05) is 24.6 Å². The van der Waals surface area contributed by atoms with Crippen LogP contribution in [0.1, 0.15) is 46.9 Å². The number of benzene rings is 1. The number of likely N-dealkylation sites (tertiary alicyclic amines) is 1. The van der Waals surface area contributed by atoms with Gasteiger partial charge in [0.1, 0.15) is 5.69 Å². The van der Waals surface area contributed by atoms with Crippen LogP contribution in [0.4, 0.5) is 11.6 Å². The van der Waals surface area contributed by atoms with E-state index in [2.05, 4.69) is 55.1 Å². The van der Waals surface area contributed by atoms with E-state index in [0.29, 0.717) is 17.6 Å². The molecule has 0 bridgehead atoms. The second-order valence-electron chi connectivity index (χ2n) is 7.16. The summed E-state index contributed by atoms with van der Waals surface area (Å²) in [5.74, 6) is 1.01. The van der Waals surface area contributed by atoms with E-state index in [1.165, 1.54) is 12.0 Å². The molecule has 1 fully saturated rings. The molecule has 1 atom stereocenters. The van der Waals surface area contributed by atoms with Gasteiger partial charge in [0.05, 0.1) is 0 Å². The Bertz CT molecular complexity index is 764. The number of nitrogens with zero attached hydrogens (tertiary/aromatic N) is 3. The van der Waals surface area contributed by atoms with Gasteiger partial charge in [0.2, 0.25) is 5.95 Å². The third-order valence-corrected chi connectivity index (χ3v) is 4.73. The van der Waals surface area contributed by atoms with Crippen molar-refractivity contribution >= 4 is 17.5 Å². The summed E-state index contributed by atoms with van der Waals surface area (Å²) in [6.45, 7) is 10.0. The molecule has 3 rings (SSSR count). The predicted molar refractivity (Wildman–Crippen MR) is 100 cm³/mol. The van der Waals surface area contributed by atoms with Crippen LogP contribution in [-0.4, -0.2) is 33.9 Å². The summed E-state index contributed by atoms with van der Waals surface area (Å²) in [4.78, 5) is 23.4. The van der Waals surface area contributed by atoms with Gasteiger partial charge in [0.15, 0.2) is 0 Å². The van der Waals surface area contributed by atoms with Crippen LogP contribution >= 0.6 is 0 Å². The van der Waals surface area contributed by atoms with Gasteiger partial charge in [-0.15, -0.1) is 0 Å². The molecular weight excluding hydrogens is 312 g/mol. The van der Waals surface area contributed by atoms with Gasteiger partial charge in [-0.25, -0.2) is 9.97 Å². The highest BCUT2D eigenvalue weighted by Crippen LogP contribution is 2.24. The molecule has 1 N–H and O–H groups in total. The topological polar surface area (TPSA) is 58.1 Å². The standard InChI is InChI=1S/C20H26N4O/c1-13-6-5-9-24(12-13)19(25)17-7-8-21-20(22-17)23-18-15(3)10-14(2)11-16(18)4/h7-8,10-11,13H,5-6,9,12H2,1-4H3,(H,21,22,23). The van der Waals surface area contributed by atoms with Gasteiger partial charge in [-0.2, -0.15) is 0 Å². The molecule has 0 radical (unpaired) electrons. The third-order valence-electron chi connectivity index (χ3n) is 4.73. The molecule has 5 heteroatoms. The van der Waals surface area contributed by atoms with Crippen LogP contribution in [0.5, 0.6) is 0 Å². The Morgan fingerprint density at radius 1 is 1.24 bits per heavy atom. The van der Waals surface area contributed by atoms with Gasteiger partial charge >= 0.3 is 0 Å². The Morgan fingerprint density at radius 3 is 2.64 bits per heavy atom. The van der Waals surface area contributed by atoms with E-state index in [1.54, 1.807) is 12.3 Å². The molecule has 1 saturated heterocycles. The van der Waals surface area contributed by atoms with Crippen LogP contribution in [-0.2, 0) is 0 Å². The fourth-order valence-corrected chi connectivity index (χ4v) is 3.56. The fourth-order valence-electron chi connectivity index (χ4n) is 3.56. The first-order valence-electron chi connectivity index (χ1n) is 8.91. The monoisotopic (exact) mass is 338 g/mol. The van der Waals surface area contributed by atoms with Crippen molar-refractivity contribution < 1.29 is 4.79 Å². The van der Waals surface area contributed by atoms with Gasteiger partial charge in [0.25, 0.3) is 5.91 Å². The molecule has 1 amide bonds. The van der Waals surface area contributed by atoms with E-state index in [0.717, 1.165) is 36.3 Å². The normalized spacial score (nSPS) is 17.4. The van der Waals surface area contributed by atoms with E-state index < -0.39 is 0 Å². The number of hydrogen-bond acceptors (Lipinski definition) is 4. The average molecular weight is 338 g/mol. The number of rotatable bonds is 3. The lowest BCUT2D eigenvalue weighted by Gasteiger charge is -2.30. The molecule has 5 nitrogen and oxygen atoms in total. The second kappa shape index (κ2) is 7.21. The Hall–Kier alpha value is -2.43. The Balaban J connectivity index is 1.81. The number of piperidine rings is 1. The van der Waals surface area contributed by atoms with Crippen molar-refractivity contribution in [2.75, 3.05) is 18.4 Å². The van der Waals surface area contributed by atoms with E-state index in [9.17, 15) is 4.79 Å². The zero-order valence-electron chi connectivity index (χ0n) is 15.5. The molecule has 0 spiro atoms. The van der Waals surface area contributed by atoms with Crippen molar-refractivity contribution in [2.45, 2.75) is 40.5 Å². The summed E-state index contributed by atoms with van der Waals surface area (Å²) < 4.78 is 0. The largest absolute Gasteiger partial charge is 0.337 e. The summed E-state index contributed by atoms with van der Waals surface area (Å²) >= 11 is 0. The first-order valence-corrected chi connectivity index (χ1v) is 8.91. The number of hydrogen-bond donors (Lipinski definition) is 1. The maximum absolute atomic E-state index is 12.7. The molecular formula is C20H26N4O. The second-order valence-corrected chi connectivity index (χ2v) is 7.16. The highest BCUT2D eigenvalue weighted by Gasteiger charge is 2.23. The lowest BCUT2D eigenvalue weighted by atomic mass is 10.00. The van der Waals surface area contributed by atoms with E-state index >= 15 is 0 Å². The van der Waals surface area contributed by atoms with Crippen molar-refractivity contribution in [3.63, 3.8) is 0 Å². The van der Waals surface area contributed by atoms with Crippen LogP contribution in [0.25, 0.3) is 0 Å². The molecule has 1 aromatic carbocycles. The van der Waals surface area contributed by atoms with Crippen LogP contribution in [0.2, 0.25) is 0 Å². The summed E-state index contributed by atoms with van der Waals surface area (Å²) in [6, 6.07) is 5.94. The molecule has 1 aliphatic heterocycles. The molecule has 1 aromatic heterocycles. The van der Waals surface area contributed by atoms with E-state index in [-0.39, 0.29) is 5.91 Å². The number of anilines is 2. The Kier molecular flexibility index (Phi) is 5.02. The summed E-state index contributed by atoms with van der Waals surface area (Å²) in [5.41, 5.74) is 4.96. The first-order chi connectivity index (χ1) is 11.9. The van der Waals surface area contributed by atoms with Gasteiger partial charge in [0, 0.05) is 25.0 Å². The minimum atomic E-state index is -0.00523. The summed E-state index contributed by atoms with van der Waals surface area (Å²) in [5, 5.41) is 3.28. The van der Waals surface area contributed by atoms with Crippen LogP contribution in [0.3, 0.4) is 0 Å². The SMILES string of the molecule is Cc1cc(C)c(Nc2nccc(C(=O)N3CCCC(C)C3)n2)c(C)c1. The molecule has 1 unspecified atom stereocenters. The zero-order chi connectivity index (χ0) is 18.0. The minimum absolute atomic E-state index is 0.00523. The molecule has 2 aromatic rings. The Labute approximate surface area is 149 Å². The molecule has 0 saturated carbocycles. The zero-order valence-corrected chi connectivity index (χ0v) is 15.5. The van der Waals surface area contributed by atoms with Crippen molar-refractivity contribution in [1.29, 1.82) is 0 Å². The smallest absolute Gasteiger partial charge is 0.272 e. The minimum Gasteiger partial charge on any atom is -0.337 e. The maximum Gasteiger partial charge on any atom is 0.272 e. The first kappa shape index (κ1) is 17.4. The fraction of sp³-hybridized carbons (Fsp3) is 0.450. The lowest BCUT2D eigenvalue weighted by Crippen LogP contribution is -2.39. The van der Waals surface area contributed by atoms with Crippen molar-refractivity contribution in [1.82, 2.24) is 14.9 Å². The number of carbonyl (C=O) groups is 1. The quantitative estimate of drug-likeness (QED) is 0.918.